The number of aromatic nitrogens is 4. The zero-order chi connectivity index (χ0) is 25.7. The van der Waals surface area contributed by atoms with E-state index < -0.39 is 11.8 Å². The van der Waals surface area contributed by atoms with Crippen LogP contribution in [0.25, 0.3) is 21.1 Å². The minimum atomic E-state index is -0.613. The first kappa shape index (κ1) is 26.8. The summed E-state index contributed by atoms with van der Waals surface area (Å²) in [5.74, 6) is -0.650. The molecule has 5 rings (SSSR count). The molecule has 0 aliphatic carbocycles. The number of amides is 2. The smallest absolute Gasteiger partial charge is 0.313 e. The molecule has 2 unspecified atom stereocenters. The van der Waals surface area contributed by atoms with E-state index in [1.54, 1.807) is 34.8 Å². The average Bonchev–Trinajstić information content (AvgIpc) is 3.47. The fourth-order valence-electron chi connectivity index (χ4n) is 4.06. The van der Waals surface area contributed by atoms with Gasteiger partial charge in [-0.15, -0.1) is 11.3 Å². The second-order valence-electron chi connectivity index (χ2n) is 9.03. The molecule has 190 valence electrons. The van der Waals surface area contributed by atoms with E-state index in [2.05, 4.69) is 86.5 Å². The van der Waals surface area contributed by atoms with Crippen LogP contribution in [0.15, 0.2) is 42.9 Å². The Morgan fingerprint density at radius 3 is 2.78 bits per heavy atom. The largest absolute Gasteiger partial charge is 0.334 e. The van der Waals surface area contributed by atoms with Crippen molar-refractivity contribution in [3.05, 3.63) is 47.9 Å². The molecule has 1 aromatic carbocycles. The molecule has 36 heavy (non-hydrogen) atoms. The molecule has 1 aliphatic heterocycles. The molecule has 0 radical (unpaired) electrons. The fraction of sp³-hybridized carbons (Fsp3) is 0.375. The summed E-state index contributed by atoms with van der Waals surface area (Å²) in [7, 11) is 4.12. The molecule has 0 saturated carbocycles. The summed E-state index contributed by atoms with van der Waals surface area (Å²) in [6.07, 6.45) is 7.43. The van der Waals surface area contributed by atoms with Gasteiger partial charge in [0.2, 0.25) is 0 Å². The Morgan fingerprint density at radius 1 is 1.25 bits per heavy atom. The van der Waals surface area contributed by atoms with E-state index in [9.17, 15) is 9.59 Å². The van der Waals surface area contributed by atoms with Crippen molar-refractivity contribution in [2.75, 3.05) is 32.5 Å². The van der Waals surface area contributed by atoms with Gasteiger partial charge in [0.1, 0.15) is 5.01 Å². The number of anilines is 1. The summed E-state index contributed by atoms with van der Waals surface area (Å²) in [6.45, 7) is 4.32. The number of benzene rings is 1. The van der Waals surface area contributed by atoms with Gasteiger partial charge in [-0.1, -0.05) is 19.1 Å². The Balaban J connectivity index is 0.000000197. The van der Waals surface area contributed by atoms with Crippen LogP contribution in [-0.2, 0) is 16.1 Å². The van der Waals surface area contributed by atoms with Gasteiger partial charge in [0.05, 0.1) is 46.4 Å². The van der Waals surface area contributed by atoms with Gasteiger partial charge in [-0.05, 0) is 67.0 Å². The van der Waals surface area contributed by atoms with Gasteiger partial charge in [0.15, 0.2) is 0 Å². The van der Waals surface area contributed by atoms with Crippen LogP contribution < -0.4 is 5.32 Å². The van der Waals surface area contributed by atoms with Crippen LogP contribution in [-0.4, -0.2) is 68.3 Å². The molecule has 4 aromatic rings. The van der Waals surface area contributed by atoms with Crippen molar-refractivity contribution in [3.63, 3.8) is 0 Å². The Kier molecular flexibility index (Phi) is 9.21. The number of thiazole rings is 1. The zero-order valence-corrected chi connectivity index (χ0v) is 24.4. The van der Waals surface area contributed by atoms with Gasteiger partial charge in [-0.25, -0.2) is 9.44 Å². The topological polar surface area (TPSA) is 96.2 Å². The maximum Gasteiger partial charge on any atom is 0.313 e. The summed E-state index contributed by atoms with van der Waals surface area (Å²) in [5, 5.41) is 8.93. The van der Waals surface area contributed by atoms with Gasteiger partial charge in [0, 0.05) is 25.0 Å². The number of halogens is 1. The highest BCUT2D eigenvalue weighted by Gasteiger charge is 2.26. The van der Waals surface area contributed by atoms with Crippen LogP contribution in [0.3, 0.4) is 0 Å². The van der Waals surface area contributed by atoms with Gasteiger partial charge in [-0.2, -0.15) is 5.10 Å². The highest BCUT2D eigenvalue weighted by Crippen LogP contribution is 2.30. The number of para-hydroxylation sites is 1. The van der Waals surface area contributed by atoms with E-state index >= 15 is 0 Å². The first-order valence-electron chi connectivity index (χ1n) is 11.6. The van der Waals surface area contributed by atoms with Crippen LogP contribution >= 0.6 is 39.8 Å². The zero-order valence-electron chi connectivity index (χ0n) is 20.4. The summed E-state index contributed by atoms with van der Waals surface area (Å²) >= 11 is 4.00. The number of carbonyl (C=O) groups excluding carboxylic acids is 2. The molecule has 9 nitrogen and oxygen atoms in total. The van der Waals surface area contributed by atoms with E-state index in [4.69, 9.17) is 0 Å². The lowest BCUT2D eigenvalue weighted by molar-refractivity contribution is -0.144. The number of piperidine rings is 1. The first-order chi connectivity index (χ1) is 17.4. The van der Waals surface area contributed by atoms with E-state index in [-0.39, 0.29) is 0 Å². The van der Waals surface area contributed by atoms with Crippen molar-refractivity contribution in [1.29, 1.82) is 0 Å². The highest BCUT2D eigenvalue weighted by atomic mass is 127. The average molecular weight is 637 g/mol. The van der Waals surface area contributed by atoms with Crippen LogP contribution in [0.2, 0.25) is 0 Å². The summed E-state index contributed by atoms with van der Waals surface area (Å²) in [6, 6.07) is 8.26. The molecule has 1 aliphatic rings. The molecule has 4 heterocycles. The number of nitrogens with zero attached hydrogens (tertiary/aromatic N) is 6. The minimum absolute atomic E-state index is 0.438. The minimum Gasteiger partial charge on any atom is -0.334 e. The van der Waals surface area contributed by atoms with Crippen LogP contribution in [0.5, 0.6) is 0 Å². The maximum absolute atomic E-state index is 12.3. The van der Waals surface area contributed by atoms with Crippen molar-refractivity contribution >= 4 is 78.4 Å². The van der Waals surface area contributed by atoms with Crippen LogP contribution in [0.1, 0.15) is 24.8 Å². The lowest BCUT2D eigenvalue weighted by atomic mass is 10.0. The second kappa shape index (κ2) is 12.4. The second-order valence-corrected chi connectivity index (χ2v) is 12.2. The normalized spacial score (nSPS) is 16.0. The van der Waals surface area contributed by atoms with E-state index in [1.165, 1.54) is 9.71 Å². The number of nitrogens with one attached hydrogen (secondary N) is 1. The van der Waals surface area contributed by atoms with Crippen molar-refractivity contribution in [1.82, 2.24) is 29.3 Å². The Labute approximate surface area is 229 Å². The molecule has 3 aromatic heterocycles. The van der Waals surface area contributed by atoms with E-state index in [0.717, 1.165) is 35.8 Å². The molecule has 0 spiro atoms. The molecule has 1 N–H and O–H groups in total. The number of rotatable bonds is 4. The number of hydrogen-bond acceptors (Lipinski definition) is 7. The van der Waals surface area contributed by atoms with Crippen molar-refractivity contribution in [3.8, 4) is 0 Å². The molecular weight excluding hydrogens is 608 g/mol. The summed E-state index contributed by atoms with van der Waals surface area (Å²) in [4.78, 5) is 37.0. The highest BCUT2D eigenvalue weighted by molar-refractivity contribution is 14.2. The fourth-order valence-corrected chi connectivity index (χ4v) is 6.67. The molecular formula is C24H29IN7O2PS. The molecule has 12 heteroatoms. The van der Waals surface area contributed by atoms with E-state index in [0.29, 0.717) is 31.1 Å². The molecule has 1 saturated heterocycles. The third kappa shape index (κ3) is 6.56. The number of likely N-dealkylation sites (tertiary alicyclic amines) is 1. The van der Waals surface area contributed by atoms with E-state index in [1.807, 2.05) is 10.5 Å². The van der Waals surface area contributed by atoms with Crippen molar-refractivity contribution in [2.24, 2.45) is 5.92 Å². The Hall–Kier alpha value is -2.21. The summed E-state index contributed by atoms with van der Waals surface area (Å²) < 4.78 is 3.09. The first-order valence-corrected chi connectivity index (χ1v) is 16.5. The lowest BCUT2D eigenvalue weighted by Gasteiger charge is -2.30. The molecule has 0 bridgehead atoms. The van der Waals surface area contributed by atoms with Crippen LogP contribution in [0.4, 0.5) is 5.69 Å². The van der Waals surface area contributed by atoms with Gasteiger partial charge in [0.25, 0.3) is 0 Å². The molecule has 2 atom stereocenters. The lowest BCUT2D eigenvalue weighted by Crippen LogP contribution is -2.44. The Morgan fingerprint density at radius 2 is 2.06 bits per heavy atom. The Bertz CT molecular complexity index is 1330. The number of pyridine rings is 1. The quantitative estimate of drug-likeness (QED) is 0.197. The molecule has 2 amide bonds. The monoisotopic (exact) mass is 637 g/mol. The van der Waals surface area contributed by atoms with Crippen LogP contribution in [0, 0.1) is 5.92 Å². The predicted molar refractivity (Wildman–Crippen MR) is 156 cm³/mol. The van der Waals surface area contributed by atoms with Crippen molar-refractivity contribution < 1.29 is 9.59 Å². The molecule has 1 fully saturated rings. The predicted octanol–water partition coefficient (Wildman–Crippen LogP) is 4.78. The van der Waals surface area contributed by atoms with Gasteiger partial charge < -0.3 is 15.1 Å². The number of hydrogen-bond donors (Lipinski definition) is 1. The van der Waals surface area contributed by atoms with Gasteiger partial charge in [-0.3, -0.25) is 14.6 Å². The standard InChI is InChI=1S/C14H17IN5O2P.C10H12N2S/c1-9-3-2-4-19(8-9)14(22)13(21)18-11-6-16-7-12-10(11)5-17-20(12)23-15;1-12(2)7-10-11-8-5-3-4-6-9(8)13-10/h5-7,9,23H,2-4,8H2,1H3,(H,18,21);3-6H,7H2,1-2H3. The number of fused-ring (bicyclic) bond motifs is 2. The van der Waals surface area contributed by atoms with Gasteiger partial charge >= 0.3 is 11.8 Å². The third-order valence-electron chi connectivity index (χ3n) is 5.75. The number of carbonyl (C=O) groups is 2. The third-order valence-corrected chi connectivity index (χ3v) is 8.66. The maximum atomic E-state index is 12.3. The SMILES string of the molecule is CC1CCCN(C(=O)C(=O)Nc2cncc3c2cnn3PI)C1.CN(C)Cc1nc2ccccc2s1. The summed E-state index contributed by atoms with van der Waals surface area (Å²) in [5.41, 5.74) is 2.48. The van der Waals surface area contributed by atoms with Crippen molar-refractivity contribution in [2.45, 2.75) is 26.3 Å².